The molecule has 33 heavy (non-hydrogen) atoms. The van der Waals surface area contributed by atoms with Gasteiger partial charge in [0.25, 0.3) is 5.91 Å². The van der Waals surface area contributed by atoms with Crippen LogP contribution in [0.3, 0.4) is 0 Å². The van der Waals surface area contributed by atoms with Crippen LogP contribution in [-0.2, 0) is 20.9 Å². The van der Waals surface area contributed by atoms with Crippen molar-refractivity contribution in [2.24, 2.45) is 5.92 Å². The summed E-state index contributed by atoms with van der Waals surface area (Å²) in [4.78, 5) is 39.6. The smallest absolute Gasteiger partial charge is 0.308 e. The van der Waals surface area contributed by atoms with Crippen LogP contribution in [0.5, 0.6) is 5.75 Å². The predicted octanol–water partition coefficient (Wildman–Crippen LogP) is 3.95. The number of esters is 1. The van der Waals surface area contributed by atoms with Gasteiger partial charge in [-0.1, -0.05) is 44.2 Å². The van der Waals surface area contributed by atoms with Gasteiger partial charge >= 0.3 is 5.97 Å². The molecule has 1 N–H and O–H groups in total. The van der Waals surface area contributed by atoms with Gasteiger partial charge < -0.3 is 19.7 Å². The lowest BCUT2D eigenvalue weighted by molar-refractivity contribution is -0.148. The van der Waals surface area contributed by atoms with Gasteiger partial charge in [-0.25, -0.2) is 0 Å². The molecule has 2 aromatic carbocycles. The maximum atomic E-state index is 13.2. The summed E-state index contributed by atoms with van der Waals surface area (Å²) >= 11 is 3.47. The van der Waals surface area contributed by atoms with Gasteiger partial charge in [-0.15, -0.1) is 0 Å². The number of hydrogen-bond donors (Lipinski definition) is 1. The number of benzene rings is 2. The molecule has 0 spiro atoms. The summed E-state index contributed by atoms with van der Waals surface area (Å²) in [6.07, 6.45) is 0.722. The maximum Gasteiger partial charge on any atom is 0.308 e. The van der Waals surface area contributed by atoms with Crippen LogP contribution in [0.4, 0.5) is 0 Å². The summed E-state index contributed by atoms with van der Waals surface area (Å²) in [6, 6.07) is 13.5. The Balaban J connectivity index is 1.65. The highest BCUT2D eigenvalue weighted by Crippen LogP contribution is 2.27. The average Bonchev–Trinajstić information content (AvgIpc) is 2.80. The summed E-state index contributed by atoms with van der Waals surface area (Å²) in [5.74, 6) is -0.0243. The van der Waals surface area contributed by atoms with Gasteiger partial charge in [0.2, 0.25) is 5.91 Å². The lowest BCUT2D eigenvalue weighted by Crippen LogP contribution is -2.57. The van der Waals surface area contributed by atoms with E-state index in [4.69, 9.17) is 9.47 Å². The number of hydrogen-bond acceptors (Lipinski definition) is 5. The van der Waals surface area contributed by atoms with E-state index in [1.165, 1.54) is 4.90 Å². The first-order valence-corrected chi connectivity index (χ1v) is 11.8. The van der Waals surface area contributed by atoms with E-state index in [-0.39, 0.29) is 24.8 Å². The molecule has 2 aromatic rings. The van der Waals surface area contributed by atoms with Gasteiger partial charge in [-0.2, -0.15) is 0 Å². The third-order valence-electron chi connectivity index (χ3n) is 5.33. The van der Waals surface area contributed by atoms with Crippen LogP contribution in [0, 0.1) is 5.92 Å². The summed E-state index contributed by atoms with van der Waals surface area (Å²) in [6.45, 7) is 5.60. The van der Waals surface area contributed by atoms with E-state index < -0.39 is 12.0 Å². The molecule has 7 nitrogen and oxygen atoms in total. The lowest BCUT2D eigenvalue weighted by Gasteiger charge is -2.34. The van der Waals surface area contributed by atoms with E-state index in [1.54, 1.807) is 18.2 Å². The number of amides is 2. The van der Waals surface area contributed by atoms with Crippen LogP contribution in [-0.4, -0.2) is 48.4 Å². The highest BCUT2D eigenvalue weighted by molar-refractivity contribution is 9.10. The number of rotatable bonds is 9. The van der Waals surface area contributed by atoms with Gasteiger partial charge in [0.15, 0.2) is 0 Å². The minimum absolute atomic E-state index is 0.118. The van der Waals surface area contributed by atoms with E-state index in [1.807, 2.05) is 30.3 Å². The molecule has 1 saturated heterocycles. The third kappa shape index (κ3) is 7.05. The largest absolute Gasteiger partial charge is 0.492 e. The fourth-order valence-electron chi connectivity index (χ4n) is 3.44. The first kappa shape index (κ1) is 24.8. The van der Waals surface area contributed by atoms with E-state index in [0.29, 0.717) is 41.4 Å². The number of piperazine rings is 1. The summed E-state index contributed by atoms with van der Waals surface area (Å²) in [5.41, 5.74) is 1.27. The Hall–Kier alpha value is -2.87. The van der Waals surface area contributed by atoms with Crippen molar-refractivity contribution in [2.75, 3.05) is 19.7 Å². The molecule has 3 rings (SSSR count). The monoisotopic (exact) mass is 516 g/mol. The zero-order valence-corrected chi connectivity index (χ0v) is 20.5. The molecular weight excluding hydrogens is 488 g/mol. The molecule has 1 heterocycles. The molecule has 1 atom stereocenters. The summed E-state index contributed by atoms with van der Waals surface area (Å²) in [7, 11) is 0. The number of carbonyl (C=O) groups excluding carboxylic acids is 3. The van der Waals surface area contributed by atoms with Crippen molar-refractivity contribution < 1.29 is 23.9 Å². The number of nitrogens with zero attached hydrogens (tertiary/aromatic N) is 1. The minimum Gasteiger partial charge on any atom is -0.492 e. The molecule has 0 aliphatic carbocycles. The first-order valence-electron chi connectivity index (χ1n) is 11.1. The summed E-state index contributed by atoms with van der Waals surface area (Å²) < 4.78 is 11.8. The second-order valence-electron chi connectivity index (χ2n) is 8.33. The predicted molar refractivity (Wildman–Crippen MR) is 128 cm³/mol. The van der Waals surface area contributed by atoms with Crippen molar-refractivity contribution in [1.29, 1.82) is 0 Å². The van der Waals surface area contributed by atoms with Crippen molar-refractivity contribution in [2.45, 2.75) is 39.3 Å². The van der Waals surface area contributed by atoms with Gasteiger partial charge in [-0.05, 0) is 52.0 Å². The van der Waals surface area contributed by atoms with Crippen LogP contribution >= 0.6 is 15.9 Å². The molecule has 1 aliphatic rings. The second-order valence-corrected chi connectivity index (χ2v) is 9.19. The molecule has 8 heteroatoms. The van der Waals surface area contributed by atoms with Crippen LogP contribution in [0.2, 0.25) is 0 Å². The molecule has 1 unspecified atom stereocenters. The minimum atomic E-state index is -0.921. The van der Waals surface area contributed by atoms with Crippen molar-refractivity contribution >= 4 is 33.7 Å². The first-order chi connectivity index (χ1) is 15.8. The van der Waals surface area contributed by atoms with Crippen LogP contribution < -0.4 is 10.1 Å². The Kier molecular flexibility index (Phi) is 8.88. The van der Waals surface area contributed by atoms with E-state index in [9.17, 15) is 14.4 Å². The number of carbonyl (C=O) groups is 3. The van der Waals surface area contributed by atoms with Gasteiger partial charge in [0.1, 0.15) is 18.4 Å². The molecule has 2 amide bonds. The SMILES string of the molecule is CC(C)CCOc1ccc(C(=O)N2CCNC(=O)C2CC(=O)OCc2ccccc2)cc1Br. The Morgan fingerprint density at radius 1 is 1.18 bits per heavy atom. The molecule has 0 radical (unpaired) electrons. The third-order valence-corrected chi connectivity index (χ3v) is 5.95. The molecule has 0 saturated carbocycles. The quantitative estimate of drug-likeness (QED) is 0.510. The van der Waals surface area contributed by atoms with Crippen LogP contribution in [0.1, 0.15) is 42.6 Å². The molecule has 0 bridgehead atoms. The van der Waals surface area contributed by atoms with Crippen LogP contribution in [0.25, 0.3) is 0 Å². The number of nitrogens with one attached hydrogen (secondary N) is 1. The van der Waals surface area contributed by atoms with Crippen molar-refractivity contribution in [3.05, 3.63) is 64.1 Å². The Morgan fingerprint density at radius 2 is 1.94 bits per heavy atom. The van der Waals surface area contributed by atoms with Crippen LogP contribution in [0.15, 0.2) is 53.0 Å². The molecule has 176 valence electrons. The Bertz CT molecular complexity index is 980. The molecule has 0 aromatic heterocycles. The second kappa shape index (κ2) is 11.8. The molecule has 1 aliphatic heterocycles. The lowest BCUT2D eigenvalue weighted by atomic mass is 10.1. The fraction of sp³-hybridized carbons (Fsp3) is 0.400. The Labute approximate surface area is 202 Å². The zero-order chi connectivity index (χ0) is 23.8. The van der Waals surface area contributed by atoms with Crippen molar-refractivity contribution in [3.8, 4) is 5.75 Å². The fourth-order valence-corrected chi connectivity index (χ4v) is 3.93. The van der Waals surface area contributed by atoms with Gasteiger partial charge in [-0.3, -0.25) is 14.4 Å². The normalized spacial score (nSPS) is 15.8. The zero-order valence-electron chi connectivity index (χ0n) is 18.9. The standard InChI is InChI=1S/C25H29BrN2O5/c1-17(2)10-13-32-22-9-8-19(14-20(22)26)25(31)28-12-11-27-24(30)21(28)15-23(29)33-16-18-6-4-3-5-7-18/h3-9,14,17,21H,10-13,15-16H2,1-2H3,(H,27,30). The molecular formula is C25H29BrN2O5. The summed E-state index contributed by atoms with van der Waals surface area (Å²) in [5, 5.41) is 2.73. The van der Waals surface area contributed by atoms with Crippen molar-refractivity contribution in [3.63, 3.8) is 0 Å². The van der Waals surface area contributed by atoms with E-state index >= 15 is 0 Å². The Morgan fingerprint density at radius 3 is 2.64 bits per heavy atom. The number of halogens is 1. The van der Waals surface area contributed by atoms with Crippen molar-refractivity contribution in [1.82, 2.24) is 10.2 Å². The number of ether oxygens (including phenoxy) is 2. The van der Waals surface area contributed by atoms with Gasteiger partial charge in [0, 0.05) is 18.7 Å². The van der Waals surface area contributed by atoms with E-state index in [2.05, 4.69) is 35.1 Å². The van der Waals surface area contributed by atoms with Gasteiger partial charge in [0.05, 0.1) is 17.5 Å². The van der Waals surface area contributed by atoms with E-state index in [0.717, 1.165) is 12.0 Å². The molecule has 1 fully saturated rings. The highest BCUT2D eigenvalue weighted by atomic mass is 79.9. The topological polar surface area (TPSA) is 84.9 Å². The highest BCUT2D eigenvalue weighted by Gasteiger charge is 2.35. The average molecular weight is 517 g/mol. The maximum absolute atomic E-state index is 13.2.